The number of ether oxygens (including phenoxy) is 1. The van der Waals surface area contributed by atoms with Crippen molar-refractivity contribution < 1.29 is 9.53 Å². The fourth-order valence-corrected chi connectivity index (χ4v) is 1.88. The second-order valence-corrected chi connectivity index (χ2v) is 4.33. The number of carbonyl (C=O) groups excluding carboxylic acids is 1. The van der Waals surface area contributed by atoms with E-state index in [1.165, 1.54) is 31.9 Å². The molecule has 2 heteroatoms. The van der Waals surface area contributed by atoms with E-state index in [4.69, 9.17) is 0 Å². The Morgan fingerprint density at radius 2 is 1.65 bits per heavy atom. The van der Waals surface area contributed by atoms with Gasteiger partial charge in [-0.3, -0.25) is 4.79 Å². The van der Waals surface area contributed by atoms with Crippen LogP contribution in [0.5, 0.6) is 0 Å². The smallest absolute Gasteiger partial charge is 0.305 e. The molecule has 0 aromatic heterocycles. The molecular weight excluding hydrogens is 212 g/mol. The molecule has 0 bridgehead atoms. The van der Waals surface area contributed by atoms with Gasteiger partial charge in [0.1, 0.15) is 0 Å². The maximum Gasteiger partial charge on any atom is 0.305 e. The summed E-state index contributed by atoms with van der Waals surface area (Å²) >= 11 is 0. The zero-order chi connectivity index (χ0) is 12.3. The van der Waals surface area contributed by atoms with Gasteiger partial charge in [0.05, 0.1) is 7.11 Å². The van der Waals surface area contributed by atoms with Gasteiger partial charge in [-0.2, -0.15) is 0 Å². The lowest BCUT2D eigenvalue weighted by Crippen LogP contribution is -1.99. The van der Waals surface area contributed by atoms with Gasteiger partial charge in [-0.25, -0.2) is 0 Å². The van der Waals surface area contributed by atoms with Gasteiger partial charge in [0.25, 0.3) is 0 Å². The number of rotatable bonds is 8. The van der Waals surface area contributed by atoms with Crippen LogP contribution in [0.3, 0.4) is 0 Å². The molecule has 0 N–H and O–H groups in total. The van der Waals surface area contributed by atoms with Crippen molar-refractivity contribution in [3.8, 4) is 0 Å². The highest BCUT2D eigenvalue weighted by molar-refractivity contribution is 5.68. The van der Waals surface area contributed by atoms with Crippen LogP contribution in [0, 0.1) is 0 Å². The Morgan fingerprint density at radius 3 is 2.35 bits per heavy atom. The van der Waals surface area contributed by atoms with Crippen LogP contribution in [0.4, 0.5) is 0 Å². The highest BCUT2D eigenvalue weighted by Crippen LogP contribution is 2.09. The molecule has 0 heterocycles. The van der Waals surface area contributed by atoms with E-state index in [-0.39, 0.29) is 5.97 Å². The van der Waals surface area contributed by atoms with Gasteiger partial charge in [0, 0.05) is 6.42 Å². The summed E-state index contributed by atoms with van der Waals surface area (Å²) in [5, 5.41) is 0. The van der Waals surface area contributed by atoms with Crippen LogP contribution in [-0.2, 0) is 16.0 Å². The molecule has 0 spiro atoms. The summed E-state index contributed by atoms with van der Waals surface area (Å²) in [6.45, 7) is 0. The second-order valence-electron chi connectivity index (χ2n) is 4.33. The molecule has 0 aliphatic heterocycles. The largest absolute Gasteiger partial charge is 0.469 e. The number of esters is 1. The Bertz CT molecular complexity index is 306. The molecule has 17 heavy (non-hydrogen) atoms. The summed E-state index contributed by atoms with van der Waals surface area (Å²) < 4.78 is 4.60. The third-order valence-electron chi connectivity index (χ3n) is 2.92. The lowest BCUT2D eigenvalue weighted by atomic mass is 10.1. The molecule has 0 atom stereocenters. The minimum absolute atomic E-state index is 0.0886. The Kier molecular flexibility index (Phi) is 7.12. The van der Waals surface area contributed by atoms with Crippen LogP contribution in [0.1, 0.15) is 44.1 Å². The quantitative estimate of drug-likeness (QED) is 0.506. The first-order chi connectivity index (χ1) is 8.33. The number of benzene rings is 1. The Balaban J connectivity index is 1.93. The normalized spacial score (nSPS) is 10.2. The highest BCUT2D eigenvalue weighted by atomic mass is 16.5. The van der Waals surface area contributed by atoms with Crippen molar-refractivity contribution in [2.75, 3.05) is 7.11 Å². The zero-order valence-electron chi connectivity index (χ0n) is 10.7. The summed E-state index contributed by atoms with van der Waals surface area (Å²) in [4.78, 5) is 10.9. The van der Waals surface area contributed by atoms with Gasteiger partial charge in [-0.1, -0.05) is 49.6 Å². The van der Waals surface area contributed by atoms with E-state index in [1.54, 1.807) is 0 Å². The molecule has 0 aliphatic rings. The summed E-state index contributed by atoms with van der Waals surface area (Å²) in [5.74, 6) is -0.0886. The van der Waals surface area contributed by atoms with Crippen LogP contribution in [0.25, 0.3) is 0 Å². The molecule has 0 fully saturated rings. The van der Waals surface area contributed by atoms with Crippen molar-refractivity contribution in [1.29, 1.82) is 0 Å². The number of unbranched alkanes of at least 4 members (excludes halogenated alkanes) is 4. The molecule has 0 unspecified atom stereocenters. The molecular formula is C15H22O2. The second kappa shape index (κ2) is 8.80. The van der Waals surface area contributed by atoms with Gasteiger partial charge in [0.2, 0.25) is 0 Å². The van der Waals surface area contributed by atoms with E-state index < -0.39 is 0 Å². The van der Waals surface area contributed by atoms with Crippen molar-refractivity contribution in [2.24, 2.45) is 0 Å². The first-order valence-electron chi connectivity index (χ1n) is 6.43. The van der Waals surface area contributed by atoms with Crippen molar-refractivity contribution in [1.82, 2.24) is 0 Å². The number of hydrogen-bond acceptors (Lipinski definition) is 2. The van der Waals surface area contributed by atoms with Crippen LogP contribution in [0.15, 0.2) is 30.3 Å². The molecule has 94 valence electrons. The van der Waals surface area contributed by atoms with E-state index in [2.05, 4.69) is 35.1 Å². The molecule has 1 aromatic rings. The maximum atomic E-state index is 10.9. The van der Waals surface area contributed by atoms with Crippen LogP contribution in [0.2, 0.25) is 0 Å². The molecule has 1 aromatic carbocycles. The lowest BCUT2D eigenvalue weighted by molar-refractivity contribution is -0.140. The van der Waals surface area contributed by atoms with Gasteiger partial charge in [-0.05, 0) is 24.8 Å². The molecule has 0 amide bonds. The minimum Gasteiger partial charge on any atom is -0.469 e. The van der Waals surface area contributed by atoms with Gasteiger partial charge < -0.3 is 4.74 Å². The average molecular weight is 234 g/mol. The molecule has 1 rings (SSSR count). The van der Waals surface area contributed by atoms with E-state index >= 15 is 0 Å². The zero-order valence-corrected chi connectivity index (χ0v) is 10.7. The van der Waals surface area contributed by atoms with Crippen molar-refractivity contribution in [3.63, 3.8) is 0 Å². The lowest BCUT2D eigenvalue weighted by Gasteiger charge is -2.02. The number of methoxy groups -OCH3 is 1. The summed E-state index contributed by atoms with van der Waals surface area (Å²) in [7, 11) is 1.45. The number of carbonyl (C=O) groups is 1. The standard InChI is InChI=1S/C15H22O2/c1-17-15(16)13-9-4-2-3-6-10-14-11-7-5-8-12-14/h5,7-8,11-12H,2-4,6,9-10,13H2,1H3. The van der Waals surface area contributed by atoms with E-state index in [9.17, 15) is 4.79 Å². The Morgan fingerprint density at radius 1 is 1.00 bits per heavy atom. The van der Waals surface area contributed by atoms with E-state index in [0.29, 0.717) is 6.42 Å². The highest BCUT2D eigenvalue weighted by Gasteiger charge is 1.99. The third-order valence-corrected chi connectivity index (χ3v) is 2.92. The Labute approximate surface area is 104 Å². The minimum atomic E-state index is -0.0886. The van der Waals surface area contributed by atoms with E-state index in [0.717, 1.165) is 19.3 Å². The van der Waals surface area contributed by atoms with Crippen LogP contribution in [-0.4, -0.2) is 13.1 Å². The van der Waals surface area contributed by atoms with Gasteiger partial charge >= 0.3 is 5.97 Å². The fourth-order valence-electron chi connectivity index (χ4n) is 1.88. The predicted octanol–water partition coefficient (Wildman–Crippen LogP) is 3.74. The molecule has 0 aliphatic carbocycles. The van der Waals surface area contributed by atoms with Gasteiger partial charge in [0.15, 0.2) is 0 Å². The monoisotopic (exact) mass is 234 g/mol. The summed E-state index contributed by atoms with van der Waals surface area (Å²) in [5.41, 5.74) is 1.42. The van der Waals surface area contributed by atoms with E-state index in [1.807, 2.05) is 0 Å². The van der Waals surface area contributed by atoms with Gasteiger partial charge in [-0.15, -0.1) is 0 Å². The predicted molar refractivity (Wildman–Crippen MR) is 69.9 cm³/mol. The number of hydrogen-bond donors (Lipinski definition) is 0. The van der Waals surface area contributed by atoms with Crippen LogP contribution >= 0.6 is 0 Å². The first kappa shape index (κ1) is 13.8. The number of aryl methyl sites for hydroxylation is 1. The molecule has 2 nitrogen and oxygen atoms in total. The van der Waals surface area contributed by atoms with Crippen molar-refractivity contribution >= 4 is 5.97 Å². The Hall–Kier alpha value is -1.31. The SMILES string of the molecule is COC(=O)CCCCCCCc1ccccc1. The first-order valence-corrected chi connectivity index (χ1v) is 6.43. The average Bonchev–Trinajstić information content (AvgIpc) is 2.38. The van der Waals surface area contributed by atoms with Crippen LogP contribution < -0.4 is 0 Å². The molecule has 0 saturated heterocycles. The summed E-state index contributed by atoms with van der Waals surface area (Å²) in [6.07, 6.45) is 7.51. The van der Waals surface area contributed by atoms with Crippen molar-refractivity contribution in [3.05, 3.63) is 35.9 Å². The topological polar surface area (TPSA) is 26.3 Å². The van der Waals surface area contributed by atoms with Crippen molar-refractivity contribution in [2.45, 2.75) is 44.9 Å². The fraction of sp³-hybridized carbons (Fsp3) is 0.533. The maximum absolute atomic E-state index is 10.9. The molecule has 0 radical (unpaired) electrons. The third kappa shape index (κ3) is 6.77. The summed E-state index contributed by atoms with van der Waals surface area (Å²) in [6, 6.07) is 10.6. The molecule has 0 saturated carbocycles.